The number of benzene rings is 1. The molecule has 1 aromatic rings. The number of rotatable bonds is 7. The van der Waals surface area contributed by atoms with Gasteiger partial charge in [0.1, 0.15) is 0 Å². The Balaban J connectivity index is 2.11. The van der Waals surface area contributed by atoms with Crippen LogP contribution in [-0.4, -0.2) is 20.3 Å². The standard InChI is InChI=1S/C19H31NO/c1-4-8-15-11-13-16(14-12-15)18(20-2)19(21-3)17-9-6-5-7-10-17/h11-14,17-20H,4-10H2,1-3H3. The van der Waals surface area contributed by atoms with E-state index in [9.17, 15) is 0 Å². The molecule has 0 amide bonds. The van der Waals surface area contributed by atoms with E-state index in [1.165, 1.54) is 56.1 Å². The van der Waals surface area contributed by atoms with Crippen molar-refractivity contribution < 1.29 is 4.74 Å². The van der Waals surface area contributed by atoms with E-state index in [2.05, 4.69) is 43.6 Å². The van der Waals surface area contributed by atoms with Crippen molar-refractivity contribution in [3.05, 3.63) is 35.4 Å². The van der Waals surface area contributed by atoms with Crippen LogP contribution in [0.4, 0.5) is 0 Å². The predicted octanol–water partition coefficient (Wildman–Crippen LogP) is 4.49. The van der Waals surface area contributed by atoms with Gasteiger partial charge in [0.2, 0.25) is 0 Å². The van der Waals surface area contributed by atoms with E-state index in [1.54, 1.807) is 0 Å². The van der Waals surface area contributed by atoms with Crippen LogP contribution in [0.25, 0.3) is 0 Å². The van der Waals surface area contributed by atoms with Gasteiger partial charge in [-0.15, -0.1) is 0 Å². The molecule has 1 N–H and O–H groups in total. The number of ether oxygens (including phenoxy) is 1. The lowest BCUT2D eigenvalue weighted by atomic mass is 9.81. The van der Waals surface area contributed by atoms with Gasteiger partial charge in [-0.25, -0.2) is 0 Å². The molecule has 0 saturated heterocycles. The molecule has 0 bridgehead atoms. The van der Waals surface area contributed by atoms with E-state index >= 15 is 0 Å². The van der Waals surface area contributed by atoms with Crippen molar-refractivity contribution in [3.63, 3.8) is 0 Å². The molecule has 0 spiro atoms. The van der Waals surface area contributed by atoms with Gasteiger partial charge in [0.25, 0.3) is 0 Å². The number of hydrogen-bond donors (Lipinski definition) is 1. The molecule has 1 saturated carbocycles. The van der Waals surface area contributed by atoms with Crippen LogP contribution in [-0.2, 0) is 11.2 Å². The minimum absolute atomic E-state index is 0.285. The van der Waals surface area contributed by atoms with Gasteiger partial charge in [0, 0.05) is 7.11 Å². The molecule has 2 heteroatoms. The lowest BCUT2D eigenvalue weighted by Crippen LogP contribution is -2.37. The van der Waals surface area contributed by atoms with Crippen molar-refractivity contribution in [1.29, 1.82) is 0 Å². The lowest BCUT2D eigenvalue weighted by molar-refractivity contribution is 0.00941. The molecular weight excluding hydrogens is 258 g/mol. The highest BCUT2D eigenvalue weighted by molar-refractivity contribution is 5.26. The zero-order valence-electron chi connectivity index (χ0n) is 13.9. The Morgan fingerprint density at radius 2 is 1.81 bits per heavy atom. The third-order valence-electron chi connectivity index (χ3n) is 4.90. The van der Waals surface area contributed by atoms with Crippen LogP contribution in [0.3, 0.4) is 0 Å². The summed E-state index contributed by atoms with van der Waals surface area (Å²) in [7, 11) is 3.93. The van der Waals surface area contributed by atoms with Crippen molar-refractivity contribution in [1.82, 2.24) is 5.32 Å². The van der Waals surface area contributed by atoms with Gasteiger partial charge in [-0.1, -0.05) is 56.9 Å². The van der Waals surface area contributed by atoms with Crippen LogP contribution < -0.4 is 5.32 Å². The molecule has 2 rings (SSSR count). The van der Waals surface area contributed by atoms with Crippen molar-refractivity contribution in [2.75, 3.05) is 14.2 Å². The van der Waals surface area contributed by atoms with Gasteiger partial charge in [-0.3, -0.25) is 0 Å². The third-order valence-corrected chi connectivity index (χ3v) is 4.90. The van der Waals surface area contributed by atoms with Crippen LogP contribution in [0.2, 0.25) is 0 Å². The number of aryl methyl sites for hydroxylation is 1. The van der Waals surface area contributed by atoms with Gasteiger partial charge in [0.05, 0.1) is 12.1 Å². The highest BCUT2D eigenvalue weighted by atomic mass is 16.5. The SMILES string of the molecule is CCCc1ccc(C(NC)C(OC)C2CCCCC2)cc1. The first-order valence-electron chi connectivity index (χ1n) is 8.59. The summed E-state index contributed by atoms with van der Waals surface area (Å²) in [6, 6.07) is 9.41. The molecule has 21 heavy (non-hydrogen) atoms. The topological polar surface area (TPSA) is 21.3 Å². The Hall–Kier alpha value is -0.860. The van der Waals surface area contributed by atoms with E-state index < -0.39 is 0 Å². The number of methoxy groups -OCH3 is 1. The summed E-state index contributed by atoms with van der Waals surface area (Å²) in [5.74, 6) is 0.691. The average Bonchev–Trinajstić information content (AvgIpc) is 2.54. The molecule has 1 aromatic carbocycles. The van der Waals surface area contributed by atoms with Crippen molar-refractivity contribution in [3.8, 4) is 0 Å². The first-order chi connectivity index (χ1) is 10.3. The van der Waals surface area contributed by atoms with Crippen LogP contribution in [0.5, 0.6) is 0 Å². The molecule has 2 nitrogen and oxygen atoms in total. The summed E-state index contributed by atoms with van der Waals surface area (Å²) in [4.78, 5) is 0. The normalized spacial score (nSPS) is 19.4. The van der Waals surface area contributed by atoms with E-state index in [-0.39, 0.29) is 6.10 Å². The molecule has 2 atom stereocenters. The maximum atomic E-state index is 5.91. The largest absolute Gasteiger partial charge is 0.379 e. The Bertz CT molecular complexity index is 395. The van der Waals surface area contributed by atoms with Crippen molar-refractivity contribution in [2.24, 2.45) is 5.92 Å². The summed E-state index contributed by atoms with van der Waals surface area (Å²) < 4.78 is 5.91. The minimum Gasteiger partial charge on any atom is -0.379 e. The minimum atomic E-state index is 0.285. The second kappa shape index (κ2) is 8.55. The predicted molar refractivity (Wildman–Crippen MR) is 89.6 cm³/mol. The van der Waals surface area contributed by atoms with Crippen LogP contribution in [0.1, 0.15) is 62.6 Å². The van der Waals surface area contributed by atoms with Crippen LogP contribution in [0, 0.1) is 5.92 Å². The smallest absolute Gasteiger partial charge is 0.0793 e. The Morgan fingerprint density at radius 3 is 2.33 bits per heavy atom. The first-order valence-corrected chi connectivity index (χ1v) is 8.59. The van der Waals surface area contributed by atoms with Gasteiger partial charge < -0.3 is 10.1 Å². The van der Waals surface area contributed by atoms with E-state index in [0.29, 0.717) is 12.0 Å². The van der Waals surface area contributed by atoms with Gasteiger partial charge in [-0.2, -0.15) is 0 Å². The summed E-state index contributed by atoms with van der Waals surface area (Å²) in [5.41, 5.74) is 2.79. The Morgan fingerprint density at radius 1 is 1.14 bits per heavy atom. The molecule has 118 valence electrons. The molecule has 1 aliphatic rings. The van der Waals surface area contributed by atoms with E-state index in [0.717, 1.165) is 0 Å². The van der Waals surface area contributed by atoms with Crippen molar-refractivity contribution >= 4 is 0 Å². The molecule has 2 unspecified atom stereocenters. The van der Waals surface area contributed by atoms with E-state index in [4.69, 9.17) is 4.74 Å². The molecule has 0 heterocycles. The summed E-state index contributed by atoms with van der Waals surface area (Å²) >= 11 is 0. The number of likely N-dealkylation sites (N-methyl/N-ethyl adjacent to an activating group) is 1. The average molecular weight is 289 g/mol. The summed E-state index contributed by atoms with van der Waals surface area (Å²) in [6.07, 6.45) is 9.39. The van der Waals surface area contributed by atoms with Crippen molar-refractivity contribution in [2.45, 2.75) is 64.0 Å². The molecule has 0 aromatic heterocycles. The van der Waals surface area contributed by atoms with Crippen LogP contribution >= 0.6 is 0 Å². The second-order valence-corrected chi connectivity index (χ2v) is 6.36. The highest BCUT2D eigenvalue weighted by Gasteiger charge is 2.30. The monoisotopic (exact) mass is 289 g/mol. The fraction of sp³-hybridized carbons (Fsp3) is 0.684. The summed E-state index contributed by atoms with van der Waals surface area (Å²) in [6.45, 7) is 2.23. The first kappa shape index (κ1) is 16.5. The number of nitrogens with one attached hydrogen (secondary N) is 1. The molecule has 0 aliphatic heterocycles. The molecule has 1 fully saturated rings. The van der Waals surface area contributed by atoms with Gasteiger partial charge >= 0.3 is 0 Å². The van der Waals surface area contributed by atoms with E-state index in [1.807, 2.05) is 7.11 Å². The third kappa shape index (κ3) is 4.31. The Kier molecular flexibility index (Phi) is 6.72. The zero-order chi connectivity index (χ0) is 15.1. The fourth-order valence-corrected chi connectivity index (χ4v) is 3.76. The highest BCUT2D eigenvalue weighted by Crippen LogP contribution is 2.34. The quantitative estimate of drug-likeness (QED) is 0.798. The summed E-state index contributed by atoms with van der Waals surface area (Å²) in [5, 5.41) is 3.49. The van der Waals surface area contributed by atoms with Gasteiger partial charge in [-0.05, 0) is 43.4 Å². The molecule has 1 aliphatic carbocycles. The maximum absolute atomic E-state index is 5.91. The fourth-order valence-electron chi connectivity index (χ4n) is 3.76. The maximum Gasteiger partial charge on any atom is 0.0793 e. The zero-order valence-corrected chi connectivity index (χ0v) is 13.9. The second-order valence-electron chi connectivity index (χ2n) is 6.36. The molecule has 0 radical (unpaired) electrons. The van der Waals surface area contributed by atoms with Crippen LogP contribution in [0.15, 0.2) is 24.3 Å². The number of hydrogen-bond acceptors (Lipinski definition) is 2. The molecular formula is C19H31NO. The Labute approximate surface area is 130 Å². The lowest BCUT2D eigenvalue weighted by Gasteiger charge is -2.35. The van der Waals surface area contributed by atoms with Gasteiger partial charge in [0.15, 0.2) is 0 Å².